The van der Waals surface area contributed by atoms with Gasteiger partial charge in [0.15, 0.2) is 6.33 Å². The van der Waals surface area contributed by atoms with E-state index in [0.717, 1.165) is 0 Å². The molecule has 0 bridgehead atoms. The first-order chi connectivity index (χ1) is 3.64. The Morgan fingerprint density at radius 2 is 1.88 bits per heavy atom. The Kier molecular flexibility index (Phi) is 0.858. The predicted octanol–water partition coefficient (Wildman–Crippen LogP) is 1.35. The van der Waals surface area contributed by atoms with E-state index in [-0.39, 0.29) is 6.33 Å². The van der Waals surface area contributed by atoms with Crippen molar-refractivity contribution in [3.8, 4) is 0 Å². The molecule has 1 rings (SSSR count). The van der Waals surface area contributed by atoms with Crippen molar-refractivity contribution >= 4 is 0 Å². The zero-order chi connectivity index (χ0) is 6.20. The molecule has 0 aromatic heterocycles. The Morgan fingerprint density at radius 3 is 2.00 bits per heavy atom. The lowest BCUT2D eigenvalue weighted by atomic mass is 10.9. The maximum absolute atomic E-state index is 11.3. The molecule has 1 heterocycles. The van der Waals surface area contributed by atoms with Crippen LogP contribution in [0.5, 0.6) is 0 Å². The van der Waals surface area contributed by atoms with Crippen LogP contribution in [0.25, 0.3) is 0 Å². The Labute approximate surface area is 42.5 Å². The highest BCUT2D eigenvalue weighted by molar-refractivity contribution is 4.82. The van der Waals surface area contributed by atoms with Crippen LogP contribution >= 0.6 is 0 Å². The van der Waals surface area contributed by atoms with Gasteiger partial charge in [0.05, 0.1) is 0 Å². The molecule has 2 nitrogen and oxygen atoms in total. The summed E-state index contributed by atoms with van der Waals surface area (Å²) in [4.78, 5) is 0. The molecule has 0 aromatic rings. The second-order valence-corrected chi connectivity index (χ2v) is 1.10. The molecule has 5 heteroatoms. The normalized spacial score (nSPS) is 22.6. The third kappa shape index (κ3) is 0.706. The molecular formula is C3HF3O2. The summed E-state index contributed by atoms with van der Waals surface area (Å²) >= 11 is 0. The van der Waals surface area contributed by atoms with Gasteiger partial charge in [0.2, 0.25) is 0 Å². The van der Waals surface area contributed by atoms with Gasteiger partial charge in [-0.05, 0) is 0 Å². The van der Waals surface area contributed by atoms with E-state index >= 15 is 0 Å². The van der Waals surface area contributed by atoms with Crippen LogP contribution in [0.15, 0.2) is 12.3 Å². The maximum atomic E-state index is 11.3. The first kappa shape index (κ1) is 5.27. The molecule has 1 aliphatic heterocycles. The average molecular weight is 126 g/mol. The van der Waals surface area contributed by atoms with Gasteiger partial charge < -0.3 is 9.47 Å². The van der Waals surface area contributed by atoms with Gasteiger partial charge in [0, 0.05) is 0 Å². The van der Waals surface area contributed by atoms with Crippen LogP contribution in [0.3, 0.4) is 0 Å². The van der Waals surface area contributed by atoms with Crippen molar-refractivity contribution in [2.24, 2.45) is 0 Å². The molecule has 0 spiro atoms. The van der Waals surface area contributed by atoms with E-state index in [2.05, 4.69) is 9.47 Å². The fourth-order valence-corrected chi connectivity index (χ4v) is 0.286. The van der Waals surface area contributed by atoms with Gasteiger partial charge in [-0.3, -0.25) is 0 Å². The Bertz CT molecular complexity index is 120. The maximum Gasteiger partial charge on any atom is 0.590 e. The zero-order valence-electron chi connectivity index (χ0n) is 3.53. The molecule has 0 unspecified atom stereocenters. The van der Waals surface area contributed by atoms with Crippen LogP contribution in [0.2, 0.25) is 0 Å². The molecule has 1 saturated heterocycles. The SMILES string of the molecule is FC=C1OC(F)(F)O1. The third-order valence-electron chi connectivity index (χ3n) is 0.528. The summed E-state index contributed by atoms with van der Waals surface area (Å²) in [5, 5.41) is 0. The number of rotatable bonds is 0. The highest BCUT2D eigenvalue weighted by Gasteiger charge is 2.48. The molecule has 0 atom stereocenters. The van der Waals surface area contributed by atoms with E-state index in [4.69, 9.17) is 0 Å². The van der Waals surface area contributed by atoms with Crippen LogP contribution in [0.1, 0.15) is 0 Å². The lowest BCUT2D eigenvalue weighted by Gasteiger charge is -2.26. The van der Waals surface area contributed by atoms with Gasteiger partial charge in [-0.2, -0.15) is 0 Å². The minimum Gasteiger partial charge on any atom is -0.364 e. The Morgan fingerprint density at radius 1 is 1.38 bits per heavy atom. The van der Waals surface area contributed by atoms with Crippen LogP contribution in [-0.2, 0) is 9.47 Å². The van der Waals surface area contributed by atoms with E-state index < -0.39 is 12.2 Å². The Hall–Kier alpha value is -0.870. The summed E-state index contributed by atoms with van der Waals surface area (Å²) in [6.07, 6.45) is -3.80. The highest BCUT2D eigenvalue weighted by Crippen LogP contribution is 2.34. The third-order valence-corrected chi connectivity index (χ3v) is 0.528. The summed E-state index contributed by atoms with van der Waals surface area (Å²) in [6.45, 7) is 0. The smallest absolute Gasteiger partial charge is 0.364 e. The fraction of sp³-hybridized carbons (Fsp3) is 0.333. The molecule has 0 radical (unpaired) electrons. The largest absolute Gasteiger partial charge is 0.590 e. The van der Waals surface area contributed by atoms with Gasteiger partial charge >= 0.3 is 12.2 Å². The van der Waals surface area contributed by atoms with Gasteiger partial charge in [-0.1, -0.05) is 0 Å². The zero-order valence-corrected chi connectivity index (χ0v) is 3.53. The van der Waals surface area contributed by atoms with E-state index in [0.29, 0.717) is 0 Å². The molecule has 1 fully saturated rings. The molecule has 46 valence electrons. The van der Waals surface area contributed by atoms with E-state index in [9.17, 15) is 13.2 Å². The minimum absolute atomic E-state index is 0.183. The van der Waals surface area contributed by atoms with Crippen LogP contribution in [0.4, 0.5) is 13.2 Å². The standard InChI is InChI=1S/C3HF3O2/c4-1-2-7-3(5,6)8-2/h1H. The summed E-state index contributed by atoms with van der Waals surface area (Å²) in [6, 6.07) is 0. The minimum atomic E-state index is -3.61. The van der Waals surface area contributed by atoms with Gasteiger partial charge in [0.1, 0.15) is 0 Å². The molecule has 0 saturated carbocycles. The number of alkyl halides is 2. The summed E-state index contributed by atoms with van der Waals surface area (Å²) in [7, 11) is 0. The number of halogens is 3. The molecule has 8 heavy (non-hydrogen) atoms. The summed E-state index contributed by atoms with van der Waals surface area (Å²) < 4.78 is 40.5. The van der Waals surface area contributed by atoms with Crippen LogP contribution in [-0.4, -0.2) is 6.29 Å². The van der Waals surface area contributed by atoms with Crippen molar-refractivity contribution in [1.29, 1.82) is 0 Å². The molecule has 0 amide bonds. The molecular weight excluding hydrogens is 125 g/mol. The lowest BCUT2D eigenvalue weighted by Crippen LogP contribution is -2.35. The summed E-state index contributed by atoms with van der Waals surface area (Å²) in [5.41, 5.74) is 0. The van der Waals surface area contributed by atoms with Gasteiger partial charge in [-0.25, -0.2) is 4.39 Å². The first-order valence-electron chi connectivity index (χ1n) is 1.70. The van der Waals surface area contributed by atoms with Crippen molar-refractivity contribution in [1.82, 2.24) is 0 Å². The molecule has 0 aromatic carbocycles. The van der Waals surface area contributed by atoms with Crippen molar-refractivity contribution in [3.63, 3.8) is 0 Å². The van der Waals surface area contributed by atoms with Crippen LogP contribution < -0.4 is 0 Å². The van der Waals surface area contributed by atoms with Crippen molar-refractivity contribution < 1.29 is 22.6 Å². The van der Waals surface area contributed by atoms with E-state index in [1.165, 1.54) is 0 Å². The molecule has 0 aliphatic carbocycles. The number of hydrogen-bond acceptors (Lipinski definition) is 2. The molecule has 1 aliphatic rings. The van der Waals surface area contributed by atoms with Crippen LogP contribution in [0, 0.1) is 0 Å². The second kappa shape index (κ2) is 1.30. The lowest BCUT2D eigenvalue weighted by molar-refractivity contribution is -0.469. The monoisotopic (exact) mass is 126 g/mol. The van der Waals surface area contributed by atoms with Crippen molar-refractivity contribution in [2.75, 3.05) is 0 Å². The number of hydrogen-bond donors (Lipinski definition) is 0. The van der Waals surface area contributed by atoms with Gasteiger partial charge in [-0.15, -0.1) is 8.78 Å². The quantitative estimate of drug-likeness (QED) is 0.487. The van der Waals surface area contributed by atoms with Crippen molar-refractivity contribution in [2.45, 2.75) is 6.29 Å². The number of ether oxygens (including phenoxy) is 2. The highest BCUT2D eigenvalue weighted by atomic mass is 19.3. The predicted molar refractivity (Wildman–Crippen MR) is 16.3 cm³/mol. The van der Waals surface area contributed by atoms with Gasteiger partial charge in [0.25, 0.3) is 0 Å². The first-order valence-corrected chi connectivity index (χ1v) is 1.70. The fourth-order valence-electron chi connectivity index (χ4n) is 0.286. The van der Waals surface area contributed by atoms with Crippen molar-refractivity contribution in [3.05, 3.63) is 12.3 Å². The average Bonchev–Trinajstić information content (AvgIpc) is 1.60. The second-order valence-electron chi connectivity index (χ2n) is 1.10. The summed E-state index contributed by atoms with van der Waals surface area (Å²) in [5.74, 6) is -0.782. The van der Waals surface area contributed by atoms with E-state index in [1.807, 2.05) is 0 Å². The topological polar surface area (TPSA) is 18.5 Å². The molecule has 0 N–H and O–H groups in total. The van der Waals surface area contributed by atoms with E-state index in [1.54, 1.807) is 0 Å². The Balaban J connectivity index is 2.43.